The number of hydrogen-bond acceptors (Lipinski definition) is 0. The maximum Gasteiger partial charge on any atom is 0.417 e. The van der Waals surface area contributed by atoms with E-state index < -0.39 is 11.7 Å². The molecule has 4 aromatic carbocycles. The normalized spacial score (nSPS) is 12.0. The third kappa shape index (κ3) is 2.24. The molecule has 0 amide bonds. The van der Waals surface area contributed by atoms with Gasteiger partial charge in [0.2, 0.25) is 0 Å². The fourth-order valence-electron chi connectivity index (χ4n) is 3.34. The highest BCUT2D eigenvalue weighted by atomic mass is 19.4. The zero-order valence-corrected chi connectivity index (χ0v) is 12.6. The summed E-state index contributed by atoms with van der Waals surface area (Å²) in [4.78, 5) is 0. The van der Waals surface area contributed by atoms with Gasteiger partial charge in [0.25, 0.3) is 0 Å². The van der Waals surface area contributed by atoms with Crippen LogP contribution < -0.4 is 0 Å². The van der Waals surface area contributed by atoms with E-state index in [0.717, 1.165) is 5.39 Å². The van der Waals surface area contributed by atoms with Crippen molar-refractivity contribution in [3.63, 3.8) is 0 Å². The Hall–Kier alpha value is -2.81. The fourth-order valence-corrected chi connectivity index (χ4v) is 3.34. The van der Waals surface area contributed by atoms with E-state index in [1.165, 1.54) is 0 Å². The molecular formula is C21H13F3. The topological polar surface area (TPSA) is 0 Å². The molecule has 0 aromatic heterocycles. The van der Waals surface area contributed by atoms with Crippen molar-refractivity contribution in [2.45, 2.75) is 6.18 Å². The smallest absolute Gasteiger partial charge is 0.166 e. The van der Waals surface area contributed by atoms with Gasteiger partial charge in [-0.2, -0.15) is 13.2 Å². The van der Waals surface area contributed by atoms with E-state index in [2.05, 4.69) is 0 Å². The summed E-state index contributed by atoms with van der Waals surface area (Å²) in [5.41, 5.74) is 0.257. The number of hydrogen-bond donors (Lipinski definition) is 0. The predicted molar refractivity (Wildman–Crippen MR) is 91.9 cm³/mol. The minimum Gasteiger partial charge on any atom is -0.166 e. The Morgan fingerprint density at radius 3 is 1.54 bits per heavy atom. The van der Waals surface area contributed by atoms with Gasteiger partial charge in [-0.05, 0) is 27.1 Å². The van der Waals surface area contributed by atoms with Gasteiger partial charge in [0.15, 0.2) is 0 Å². The monoisotopic (exact) mass is 322 g/mol. The summed E-state index contributed by atoms with van der Waals surface area (Å²) in [6, 6.07) is 22.8. The van der Waals surface area contributed by atoms with Crippen LogP contribution in [-0.2, 0) is 6.18 Å². The highest BCUT2D eigenvalue weighted by Gasteiger charge is 2.36. The fraction of sp³-hybridized carbons (Fsp3) is 0.0476. The second-order valence-corrected chi connectivity index (χ2v) is 5.70. The third-order valence-corrected chi connectivity index (χ3v) is 4.28. The first kappa shape index (κ1) is 14.8. The van der Waals surface area contributed by atoms with Crippen LogP contribution in [0.1, 0.15) is 5.56 Å². The van der Waals surface area contributed by atoms with Gasteiger partial charge in [0.05, 0.1) is 5.56 Å². The lowest BCUT2D eigenvalue weighted by atomic mass is 9.88. The van der Waals surface area contributed by atoms with E-state index in [0.29, 0.717) is 16.3 Å². The summed E-state index contributed by atoms with van der Waals surface area (Å²) in [5, 5.41) is 2.32. The van der Waals surface area contributed by atoms with Crippen LogP contribution in [0.4, 0.5) is 13.2 Å². The Labute approximate surface area is 137 Å². The first-order valence-electron chi connectivity index (χ1n) is 7.63. The average Bonchev–Trinajstić information content (AvgIpc) is 2.60. The summed E-state index contributed by atoms with van der Waals surface area (Å²) >= 11 is 0. The van der Waals surface area contributed by atoms with Gasteiger partial charge in [-0.3, -0.25) is 0 Å². The van der Waals surface area contributed by atoms with Crippen LogP contribution in [0.15, 0.2) is 78.9 Å². The average molecular weight is 322 g/mol. The van der Waals surface area contributed by atoms with E-state index in [1.807, 2.05) is 12.1 Å². The molecule has 0 aliphatic rings. The van der Waals surface area contributed by atoms with E-state index in [-0.39, 0.29) is 10.9 Å². The molecule has 3 heteroatoms. The molecule has 0 spiro atoms. The molecule has 0 bridgehead atoms. The molecule has 4 rings (SSSR count). The molecule has 0 saturated carbocycles. The molecule has 0 atom stereocenters. The van der Waals surface area contributed by atoms with Crippen LogP contribution in [0.25, 0.3) is 32.7 Å². The maximum atomic E-state index is 14.0. The Kier molecular flexibility index (Phi) is 3.31. The standard InChI is InChI=1S/C21H13F3/c22-21(23,24)20-18-13-7-5-11-16(18)15-10-4-6-12-17(15)19(20)14-8-2-1-3-9-14/h1-13H. The molecule has 0 aliphatic heterocycles. The molecular weight excluding hydrogens is 309 g/mol. The number of alkyl halides is 3. The Bertz CT molecular complexity index is 1030. The number of rotatable bonds is 1. The van der Waals surface area contributed by atoms with Gasteiger partial charge in [0.1, 0.15) is 0 Å². The highest BCUT2D eigenvalue weighted by molar-refractivity contribution is 6.16. The lowest BCUT2D eigenvalue weighted by molar-refractivity contribution is -0.135. The zero-order chi connectivity index (χ0) is 16.7. The third-order valence-electron chi connectivity index (χ3n) is 4.28. The minimum absolute atomic E-state index is 0.238. The van der Waals surface area contributed by atoms with E-state index in [9.17, 15) is 13.2 Å². The molecule has 0 aliphatic carbocycles. The van der Waals surface area contributed by atoms with Crippen molar-refractivity contribution < 1.29 is 13.2 Å². The van der Waals surface area contributed by atoms with Crippen molar-refractivity contribution >= 4 is 21.5 Å². The maximum absolute atomic E-state index is 14.0. The Morgan fingerprint density at radius 2 is 0.958 bits per heavy atom. The predicted octanol–water partition coefficient (Wildman–Crippen LogP) is 6.68. The molecule has 24 heavy (non-hydrogen) atoms. The van der Waals surface area contributed by atoms with Gasteiger partial charge in [0, 0.05) is 5.56 Å². The highest BCUT2D eigenvalue weighted by Crippen LogP contribution is 2.46. The summed E-state index contributed by atoms with van der Waals surface area (Å²) < 4.78 is 42.0. The van der Waals surface area contributed by atoms with Gasteiger partial charge in [-0.25, -0.2) is 0 Å². The molecule has 0 saturated heterocycles. The first-order valence-corrected chi connectivity index (χ1v) is 7.63. The van der Waals surface area contributed by atoms with Crippen LogP contribution in [0.3, 0.4) is 0 Å². The van der Waals surface area contributed by atoms with Gasteiger partial charge < -0.3 is 0 Å². The lowest BCUT2D eigenvalue weighted by Gasteiger charge is -2.19. The van der Waals surface area contributed by atoms with Gasteiger partial charge in [-0.15, -0.1) is 0 Å². The van der Waals surface area contributed by atoms with Crippen molar-refractivity contribution in [3.8, 4) is 11.1 Å². The quantitative estimate of drug-likeness (QED) is 0.343. The second-order valence-electron chi connectivity index (χ2n) is 5.70. The van der Waals surface area contributed by atoms with Crippen molar-refractivity contribution in [2.24, 2.45) is 0 Å². The second kappa shape index (κ2) is 5.38. The van der Waals surface area contributed by atoms with E-state index in [1.54, 1.807) is 66.7 Å². The molecule has 0 unspecified atom stereocenters. The van der Waals surface area contributed by atoms with Crippen LogP contribution in [0.5, 0.6) is 0 Å². The minimum atomic E-state index is -4.44. The molecule has 0 fully saturated rings. The van der Waals surface area contributed by atoms with Crippen molar-refractivity contribution in [1.29, 1.82) is 0 Å². The van der Waals surface area contributed by atoms with Crippen LogP contribution in [-0.4, -0.2) is 0 Å². The molecule has 0 N–H and O–H groups in total. The molecule has 4 aromatic rings. The molecule has 118 valence electrons. The number of halogens is 3. The zero-order valence-electron chi connectivity index (χ0n) is 12.6. The van der Waals surface area contributed by atoms with Crippen molar-refractivity contribution in [2.75, 3.05) is 0 Å². The van der Waals surface area contributed by atoms with Gasteiger partial charge >= 0.3 is 6.18 Å². The summed E-state index contributed by atoms with van der Waals surface area (Å²) in [7, 11) is 0. The van der Waals surface area contributed by atoms with E-state index in [4.69, 9.17) is 0 Å². The molecule has 0 radical (unpaired) electrons. The summed E-state index contributed by atoms with van der Waals surface area (Å²) in [6.07, 6.45) is -4.44. The molecule has 0 heterocycles. The Morgan fingerprint density at radius 1 is 0.500 bits per heavy atom. The number of fused-ring (bicyclic) bond motifs is 3. The first-order chi connectivity index (χ1) is 11.6. The van der Waals surface area contributed by atoms with Crippen LogP contribution in [0.2, 0.25) is 0 Å². The molecule has 0 nitrogen and oxygen atoms in total. The largest absolute Gasteiger partial charge is 0.417 e. The van der Waals surface area contributed by atoms with Crippen molar-refractivity contribution in [1.82, 2.24) is 0 Å². The van der Waals surface area contributed by atoms with Crippen molar-refractivity contribution in [3.05, 3.63) is 84.4 Å². The van der Waals surface area contributed by atoms with E-state index >= 15 is 0 Å². The lowest BCUT2D eigenvalue weighted by Crippen LogP contribution is -2.09. The summed E-state index contributed by atoms with van der Waals surface area (Å²) in [5.74, 6) is 0. The Balaban J connectivity index is 2.31. The summed E-state index contributed by atoms with van der Waals surface area (Å²) in [6.45, 7) is 0. The SMILES string of the molecule is FC(F)(F)c1c(-c2ccccc2)c2ccccc2c2ccccc12. The van der Waals surface area contributed by atoms with Crippen LogP contribution in [0, 0.1) is 0 Å². The number of benzene rings is 4. The van der Waals surface area contributed by atoms with Crippen LogP contribution >= 0.6 is 0 Å². The van der Waals surface area contributed by atoms with Gasteiger partial charge in [-0.1, -0.05) is 78.9 Å².